The number of hydrogen-bond acceptors (Lipinski definition) is 4. The van der Waals surface area contributed by atoms with Crippen LogP contribution in [0.25, 0.3) is 0 Å². The smallest absolute Gasteiger partial charge is 0.232 e. The van der Waals surface area contributed by atoms with Crippen molar-refractivity contribution in [3.63, 3.8) is 0 Å². The van der Waals surface area contributed by atoms with E-state index in [-0.39, 0.29) is 17.2 Å². The van der Waals surface area contributed by atoms with Gasteiger partial charge in [-0.2, -0.15) is 0 Å². The molecule has 122 valence electrons. The number of nitrogens with zero attached hydrogens (tertiary/aromatic N) is 1. The van der Waals surface area contributed by atoms with Gasteiger partial charge in [-0.05, 0) is 30.2 Å². The largest absolute Gasteiger partial charge is 0.492 e. The Labute approximate surface area is 139 Å². The van der Waals surface area contributed by atoms with Crippen LogP contribution in [0.2, 0.25) is 5.02 Å². The number of carbonyl (C=O) groups excluding carboxylic acids is 1. The Morgan fingerprint density at radius 1 is 1.35 bits per heavy atom. The predicted octanol–water partition coefficient (Wildman–Crippen LogP) is 3.82. The molecule has 2 aromatic rings. The van der Waals surface area contributed by atoms with Crippen molar-refractivity contribution in [3.8, 4) is 5.75 Å². The van der Waals surface area contributed by atoms with E-state index in [0.29, 0.717) is 23.9 Å². The number of ether oxygens (including phenoxy) is 1. The van der Waals surface area contributed by atoms with Gasteiger partial charge in [-0.15, -0.1) is 0 Å². The molecule has 0 aliphatic carbocycles. The van der Waals surface area contributed by atoms with E-state index in [0.717, 1.165) is 17.1 Å². The second-order valence-electron chi connectivity index (χ2n) is 6.78. The van der Waals surface area contributed by atoms with E-state index in [9.17, 15) is 4.79 Å². The summed E-state index contributed by atoms with van der Waals surface area (Å²) in [5.41, 5.74) is 0.791. The van der Waals surface area contributed by atoms with Crippen LogP contribution in [0.4, 0.5) is 5.82 Å². The molecule has 0 spiro atoms. The van der Waals surface area contributed by atoms with Crippen molar-refractivity contribution in [2.75, 3.05) is 11.9 Å². The Bertz CT molecular complexity index is 734. The molecule has 0 bridgehead atoms. The Kier molecular flexibility index (Phi) is 4.06. The summed E-state index contributed by atoms with van der Waals surface area (Å²) in [5, 5.41) is 7.34. The molecule has 0 saturated carbocycles. The minimum atomic E-state index is -0.282. The van der Waals surface area contributed by atoms with E-state index >= 15 is 0 Å². The summed E-state index contributed by atoms with van der Waals surface area (Å²) in [5.74, 6) is 1.52. The van der Waals surface area contributed by atoms with Crippen LogP contribution in [-0.2, 0) is 16.6 Å². The molecular weight excluding hydrogens is 316 g/mol. The number of halogens is 1. The molecule has 0 radical (unpaired) electrons. The van der Waals surface area contributed by atoms with Crippen LogP contribution >= 0.6 is 11.6 Å². The first kappa shape index (κ1) is 15.9. The SMILES string of the molecule is CC(C)(C)c1cc(NC(=O)C2COc3ccc(Cl)cc3C2)no1. The third-order valence-electron chi connectivity index (χ3n) is 3.80. The van der Waals surface area contributed by atoms with Crippen LogP contribution in [-0.4, -0.2) is 17.7 Å². The number of amides is 1. The standard InChI is InChI=1S/C17H19ClN2O3/c1-17(2,3)14-8-15(20-23-14)19-16(21)11-6-10-7-12(18)4-5-13(10)22-9-11/h4-5,7-8,11H,6,9H2,1-3H3,(H,19,20,21). The molecular formula is C17H19ClN2O3. The van der Waals surface area contributed by atoms with E-state index < -0.39 is 0 Å². The molecule has 1 aromatic heterocycles. The first-order chi connectivity index (χ1) is 10.8. The molecule has 23 heavy (non-hydrogen) atoms. The van der Waals surface area contributed by atoms with Crippen molar-refractivity contribution in [2.45, 2.75) is 32.6 Å². The van der Waals surface area contributed by atoms with Gasteiger partial charge in [0.15, 0.2) is 5.82 Å². The maximum Gasteiger partial charge on any atom is 0.232 e. The van der Waals surface area contributed by atoms with Gasteiger partial charge in [0.25, 0.3) is 0 Å². The van der Waals surface area contributed by atoms with Gasteiger partial charge in [0.1, 0.15) is 18.1 Å². The van der Waals surface area contributed by atoms with Crippen molar-refractivity contribution in [1.29, 1.82) is 0 Å². The van der Waals surface area contributed by atoms with Crippen LogP contribution in [0, 0.1) is 5.92 Å². The average Bonchev–Trinajstić information content (AvgIpc) is 2.95. The van der Waals surface area contributed by atoms with E-state index in [1.54, 1.807) is 12.1 Å². The summed E-state index contributed by atoms with van der Waals surface area (Å²) in [6.07, 6.45) is 0.589. The zero-order chi connectivity index (χ0) is 16.6. The lowest BCUT2D eigenvalue weighted by Crippen LogP contribution is -2.32. The maximum atomic E-state index is 12.4. The summed E-state index contributed by atoms with van der Waals surface area (Å²) in [6, 6.07) is 7.21. The summed E-state index contributed by atoms with van der Waals surface area (Å²) < 4.78 is 10.9. The molecule has 1 aromatic carbocycles. The van der Waals surface area contributed by atoms with Crippen molar-refractivity contribution < 1.29 is 14.1 Å². The van der Waals surface area contributed by atoms with Crippen LogP contribution < -0.4 is 10.1 Å². The van der Waals surface area contributed by atoms with E-state index in [2.05, 4.69) is 10.5 Å². The van der Waals surface area contributed by atoms with Crippen LogP contribution in [0.5, 0.6) is 5.75 Å². The molecule has 1 unspecified atom stereocenters. The highest BCUT2D eigenvalue weighted by Crippen LogP contribution is 2.30. The highest BCUT2D eigenvalue weighted by Gasteiger charge is 2.27. The summed E-state index contributed by atoms with van der Waals surface area (Å²) >= 11 is 6.00. The van der Waals surface area contributed by atoms with Gasteiger partial charge in [-0.25, -0.2) is 0 Å². The van der Waals surface area contributed by atoms with Crippen LogP contribution in [0.1, 0.15) is 32.1 Å². The maximum absolute atomic E-state index is 12.4. The summed E-state index contributed by atoms with van der Waals surface area (Å²) in [6.45, 7) is 6.41. The lowest BCUT2D eigenvalue weighted by Gasteiger charge is -2.24. The summed E-state index contributed by atoms with van der Waals surface area (Å²) in [7, 11) is 0. The normalized spacial score (nSPS) is 17.3. The monoisotopic (exact) mass is 334 g/mol. The second-order valence-corrected chi connectivity index (χ2v) is 7.22. The van der Waals surface area contributed by atoms with Crippen molar-refractivity contribution in [2.24, 2.45) is 5.92 Å². The number of carbonyl (C=O) groups is 1. The van der Waals surface area contributed by atoms with E-state index in [1.807, 2.05) is 32.9 Å². The Morgan fingerprint density at radius 3 is 2.83 bits per heavy atom. The molecule has 1 aliphatic rings. The van der Waals surface area contributed by atoms with E-state index in [4.69, 9.17) is 20.9 Å². The lowest BCUT2D eigenvalue weighted by atomic mass is 9.93. The molecule has 1 atom stereocenters. The molecule has 1 amide bonds. The Morgan fingerprint density at radius 2 is 2.13 bits per heavy atom. The molecule has 1 aliphatic heterocycles. The fraction of sp³-hybridized carbons (Fsp3) is 0.412. The van der Waals surface area contributed by atoms with E-state index in [1.165, 1.54) is 0 Å². The van der Waals surface area contributed by atoms with Gasteiger partial charge >= 0.3 is 0 Å². The fourth-order valence-electron chi connectivity index (χ4n) is 2.45. The van der Waals surface area contributed by atoms with Crippen LogP contribution in [0.15, 0.2) is 28.8 Å². The zero-order valence-corrected chi connectivity index (χ0v) is 14.1. The second kappa shape index (κ2) is 5.89. The first-order valence-corrected chi connectivity index (χ1v) is 7.90. The molecule has 0 fully saturated rings. The summed E-state index contributed by atoms with van der Waals surface area (Å²) in [4.78, 5) is 12.4. The Balaban J connectivity index is 1.69. The number of benzene rings is 1. The first-order valence-electron chi connectivity index (χ1n) is 7.52. The number of hydrogen-bond donors (Lipinski definition) is 1. The lowest BCUT2D eigenvalue weighted by molar-refractivity contribution is -0.121. The van der Waals surface area contributed by atoms with Gasteiger partial charge in [0.2, 0.25) is 5.91 Å². The number of nitrogens with one attached hydrogen (secondary N) is 1. The predicted molar refractivity (Wildman–Crippen MR) is 88.0 cm³/mol. The number of fused-ring (bicyclic) bond motifs is 1. The number of anilines is 1. The molecule has 1 N–H and O–H groups in total. The zero-order valence-electron chi connectivity index (χ0n) is 13.4. The third-order valence-corrected chi connectivity index (χ3v) is 4.04. The highest BCUT2D eigenvalue weighted by molar-refractivity contribution is 6.30. The van der Waals surface area contributed by atoms with Crippen molar-refractivity contribution in [1.82, 2.24) is 5.16 Å². The van der Waals surface area contributed by atoms with Gasteiger partial charge < -0.3 is 14.6 Å². The average molecular weight is 335 g/mol. The van der Waals surface area contributed by atoms with Gasteiger partial charge in [-0.3, -0.25) is 4.79 Å². The molecule has 3 rings (SSSR count). The Hall–Kier alpha value is -2.01. The van der Waals surface area contributed by atoms with Crippen molar-refractivity contribution >= 4 is 23.3 Å². The molecule has 2 heterocycles. The molecule has 0 saturated heterocycles. The van der Waals surface area contributed by atoms with Gasteiger partial charge in [0, 0.05) is 16.5 Å². The highest BCUT2D eigenvalue weighted by atomic mass is 35.5. The fourth-order valence-corrected chi connectivity index (χ4v) is 2.64. The topological polar surface area (TPSA) is 64.4 Å². The minimum Gasteiger partial charge on any atom is -0.492 e. The quantitative estimate of drug-likeness (QED) is 0.906. The van der Waals surface area contributed by atoms with Gasteiger partial charge in [0.05, 0.1) is 5.92 Å². The van der Waals surface area contributed by atoms with Gasteiger partial charge in [-0.1, -0.05) is 37.5 Å². The van der Waals surface area contributed by atoms with Crippen molar-refractivity contribution in [3.05, 3.63) is 40.6 Å². The molecule has 5 nitrogen and oxygen atoms in total. The number of aromatic nitrogens is 1. The third kappa shape index (κ3) is 3.50. The molecule has 6 heteroatoms. The number of rotatable bonds is 2. The van der Waals surface area contributed by atoms with Crippen LogP contribution in [0.3, 0.4) is 0 Å². The minimum absolute atomic E-state index is 0.135.